The number of aromatic hydroxyl groups is 1. The molecule has 0 unspecified atom stereocenters. The molecule has 3 N–H and O–H groups in total. The van der Waals surface area contributed by atoms with Crippen LogP contribution in [0.3, 0.4) is 0 Å². The first kappa shape index (κ1) is 22.7. The van der Waals surface area contributed by atoms with E-state index in [2.05, 4.69) is 22.4 Å². The number of phenolic OH excluding ortho intramolecular Hbond substituents is 1. The molecular weight excluding hydrogens is 382 g/mol. The molecule has 0 saturated carbocycles. The number of amides is 2. The third kappa shape index (κ3) is 6.48. The topological polar surface area (TPSA) is 100 Å². The van der Waals surface area contributed by atoms with E-state index >= 15 is 0 Å². The quantitative estimate of drug-likeness (QED) is 0.255. The highest BCUT2D eigenvalue weighted by atomic mass is 16.5. The number of nitrogens with zero attached hydrogens (tertiary/aromatic N) is 1. The number of allylic oxidation sites excluding steroid dienone is 1. The molecule has 0 aliphatic rings. The first-order chi connectivity index (χ1) is 14.3. The van der Waals surface area contributed by atoms with E-state index < -0.39 is 11.8 Å². The molecular formula is C23H27N3O4. The van der Waals surface area contributed by atoms with Crippen molar-refractivity contribution in [1.29, 1.82) is 0 Å². The lowest BCUT2D eigenvalue weighted by molar-refractivity contribution is -0.126. The molecule has 0 bridgehead atoms. The molecule has 7 nitrogen and oxygen atoms in total. The Labute approximate surface area is 176 Å². The molecule has 2 amide bonds. The fraction of sp³-hybridized carbons (Fsp3) is 0.261. The number of ether oxygens (including phenoxy) is 1. The Bertz CT molecular complexity index is 967. The van der Waals surface area contributed by atoms with E-state index in [9.17, 15) is 14.7 Å². The van der Waals surface area contributed by atoms with Crippen molar-refractivity contribution in [2.75, 3.05) is 11.9 Å². The normalized spacial score (nSPS) is 10.6. The van der Waals surface area contributed by atoms with Crippen LogP contribution < -0.4 is 15.5 Å². The van der Waals surface area contributed by atoms with Crippen molar-refractivity contribution in [3.05, 3.63) is 65.2 Å². The van der Waals surface area contributed by atoms with Crippen molar-refractivity contribution in [1.82, 2.24) is 5.43 Å². The first-order valence-electron chi connectivity index (χ1n) is 9.62. The molecule has 2 aromatic carbocycles. The van der Waals surface area contributed by atoms with Crippen LogP contribution in [0.15, 0.2) is 48.1 Å². The second kappa shape index (κ2) is 10.8. The number of benzene rings is 2. The number of carbonyl (C=O) groups excluding carboxylic acids is 2. The van der Waals surface area contributed by atoms with E-state index in [1.54, 1.807) is 24.3 Å². The summed E-state index contributed by atoms with van der Waals surface area (Å²) >= 11 is 0. The van der Waals surface area contributed by atoms with Gasteiger partial charge in [0, 0.05) is 11.3 Å². The number of hydrogen-bond donors (Lipinski definition) is 3. The van der Waals surface area contributed by atoms with Gasteiger partial charge in [-0.2, -0.15) is 5.10 Å². The molecule has 0 aliphatic carbocycles. The van der Waals surface area contributed by atoms with E-state index in [1.807, 2.05) is 32.9 Å². The maximum absolute atomic E-state index is 12.1. The molecule has 0 spiro atoms. The number of rotatable bonds is 9. The van der Waals surface area contributed by atoms with Gasteiger partial charge in [-0.1, -0.05) is 23.8 Å². The minimum absolute atomic E-state index is 0.0565. The third-order valence-electron chi connectivity index (χ3n) is 4.22. The molecule has 0 fully saturated rings. The smallest absolute Gasteiger partial charge is 0.249 e. The molecule has 158 valence electrons. The molecule has 0 aliphatic heterocycles. The minimum Gasteiger partial charge on any atom is -0.504 e. The fourth-order valence-electron chi connectivity index (χ4n) is 2.85. The van der Waals surface area contributed by atoms with Gasteiger partial charge in [0.2, 0.25) is 11.8 Å². The molecule has 7 heteroatoms. The van der Waals surface area contributed by atoms with Crippen LogP contribution in [-0.4, -0.2) is 29.7 Å². The summed E-state index contributed by atoms with van der Waals surface area (Å²) in [5.41, 5.74) is 6.29. The summed E-state index contributed by atoms with van der Waals surface area (Å²) in [5.74, 6) is -0.576. The van der Waals surface area contributed by atoms with Gasteiger partial charge in [0.15, 0.2) is 11.5 Å². The number of aryl methyl sites for hydroxylation is 2. The summed E-state index contributed by atoms with van der Waals surface area (Å²) in [6, 6.07) is 8.99. The van der Waals surface area contributed by atoms with Crippen LogP contribution in [-0.2, 0) is 16.0 Å². The summed E-state index contributed by atoms with van der Waals surface area (Å²) in [6.45, 7) is 9.75. The number of anilines is 1. The Balaban J connectivity index is 1.98. The third-order valence-corrected chi connectivity index (χ3v) is 4.22. The summed E-state index contributed by atoms with van der Waals surface area (Å²) in [7, 11) is 0. The maximum Gasteiger partial charge on any atom is 0.249 e. The van der Waals surface area contributed by atoms with Gasteiger partial charge in [-0.15, -0.1) is 6.58 Å². The van der Waals surface area contributed by atoms with Gasteiger partial charge in [-0.3, -0.25) is 9.59 Å². The summed E-state index contributed by atoms with van der Waals surface area (Å²) in [4.78, 5) is 24.1. The van der Waals surface area contributed by atoms with Crippen LogP contribution in [0.4, 0.5) is 5.69 Å². The van der Waals surface area contributed by atoms with Crippen LogP contribution in [0, 0.1) is 13.8 Å². The zero-order valence-electron chi connectivity index (χ0n) is 17.5. The van der Waals surface area contributed by atoms with E-state index in [1.165, 1.54) is 6.21 Å². The molecule has 30 heavy (non-hydrogen) atoms. The largest absolute Gasteiger partial charge is 0.504 e. The van der Waals surface area contributed by atoms with Crippen LogP contribution in [0.5, 0.6) is 11.5 Å². The highest BCUT2D eigenvalue weighted by Crippen LogP contribution is 2.31. The number of hydrazone groups is 1. The second-order valence-corrected chi connectivity index (χ2v) is 6.79. The van der Waals surface area contributed by atoms with Gasteiger partial charge < -0.3 is 15.2 Å². The number of hydrogen-bond acceptors (Lipinski definition) is 5. The van der Waals surface area contributed by atoms with Gasteiger partial charge in [-0.05, 0) is 56.5 Å². The van der Waals surface area contributed by atoms with E-state index in [0.29, 0.717) is 35.6 Å². The van der Waals surface area contributed by atoms with Gasteiger partial charge in [-0.25, -0.2) is 5.43 Å². The van der Waals surface area contributed by atoms with Crippen molar-refractivity contribution < 1.29 is 19.4 Å². The molecule has 2 aromatic rings. The van der Waals surface area contributed by atoms with Gasteiger partial charge >= 0.3 is 0 Å². The van der Waals surface area contributed by atoms with Crippen LogP contribution in [0.2, 0.25) is 0 Å². The van der Waals surface area contributed by atoms with Gasteiger partial charge in [0.25, 0.3) is 0 Å². The monoisotopic (exact) mass is 409 g/mol. The number of nitrogens with one attached hydrogen (secondary N) is 2. The standard InChI is InChI=1S/C23H27N3O4/c1-5-7-18-11-17(12-20(23(18)29)30-6-2)14-24-26-22(28)13-21(27)25-19-9-8-15(3)10-16(19)4/h5,8-12,14,29H,1,6-7,13H2,2-4H3,(H,25,27)(H,26,28)/b24-14+. The Morgan fingerprint density at radius 3 is 2.63 bits per heavy atom. The highest BCUT2D eigenvalue weighted by molar-refractivity contribution is 6.04. The van der Waals surface area contributed by atoms with Crippen molar-refractivity contribution in [2.45, 2.75) is 33.6 Å². The fourth-order valence-corrected chi connectivity index (χ4v) is 2.85. The molecule has 0 atom stereocenters. The van der Waals surface area contributed by atoms with Crippen molar-refractivity contribution >= 4 is 23.7 Å². The SMILES string of the molecule is C=CCc1cc(/C=N/NC(=O)CC(=O)Nc2ccc(C)cc2C)cc(OCC)c1O. The van der Waals surface area contributed by atoms with Gasteiger partial charge in [0.1, 0.15) is 6.42 Å². The van der Waals surface area contributed by atoms with Crippen molar-refractivity contribution in [2.24, 2.45) is 5.10 Å². The molecule has 0 aromatic heterocycles. The number of carbonyl (C=O) groups is 2. The Morgan fingerprint density at radius 2 is 1.97 bits per heavy atom. The van der Waals surface area contributed by atoms with Crippen LogP contribution in [0.1, 0.15) is 35.6 Å². The lowest BCUT2D eigenvalue weighted by Crippen LogP contribution is -2.24. The lowest BCUT2D eigenvalue weighted by atomic mass is 10.1. The van der Waals surface area contributed by atoms with Crippen LogP contribution in [0.25, 0.3) is 0 Å². The maximum atomic E-state index is 12.1. The molecule has 0 radical (unpaired) electrons. The van der Waals surface area contributed by atoms with E-state index in [0.717, 1.165) is 11.1 Å². The van der Waals surface area contributed by atoms with Gasteiger partial charge in [0.05, 0.1) is 12.8 Å². The molecule has 0 heterocycles. The number of phenols is 1. The van der Waals surface area contributed by atoms with Crippen LogP contribution >= 0.6 is 0 Å². The average molecular weight is 409 g/mol. The minimum atomic E-state index is -0.538. The van der Waals surface area contributed by atoms with E-state index in [-0.39, 0.29) is 12.2 Å². The predicted octanol–water partition coefficient (Wildman–Crippen LogP) is 3.62. The summed E-state index contributed by atoms with van der Waals surface area (Å²) in [5, 5.41) is 16.8. The molecule has 0 saturated heterocycles. The first-order valence-corrected chi connectivity index (χ1v) is 9.62. The average Bonchev–Trinajstić information content (AvgIpc) is 2.68. The van der Waals surface area contributed by atoms with Crippen molar-refractivity contribution in [3.8, 4) is 11.5 Å². The summed E-state index contributed by atoms with van der Waals surface area (Å²) < 4.78 is 5.43. The Hall–Kier alpha value is -3.61. The van der Waals surface area contributed by atoms with Crippen molar-refractivity contribution in [3.63, 3.8) is 0 Å². The second-order valence-electron chi connectivity index (χ2n) is 6.79. The Kier molecular flexibility index (Phi) is 8.17. The zero-order chi connectivity index (χ0) is 22.1. The Morgan fingerprint density at radius 1 is 1.20 bits per heavy atom. The van der Waals surface area contributed by atoms with E-state index in [4.69, 9.17) is 4.74 Å². The highest BCUT2D eigenvalue weighted by Gasteiger charge is 2.11. The molecule has 2 rings (SSSR count). The lowest BCUT2D eigenvalue weighted by Gasteiger charge is -2.11. The zero-order valence-corrected chi connectivity index (χ0v) is 17.5. The summed E-state index contributed by atoms with van der Waals surface area (Å²) in [6.07, 6.45) is 3.20. The predicted molar refractivity (Wildman–Crippen MR) is 118 cm³/mol.